The summed E-state index contributed by atoms with van der Waals surface area (Å²) >= 11 is 1.67. The third-order valence-electron chi connectivity index (χ3n) is 6.43. The maximum Gasteiger partial charge on any atom is 0.409 e. The molecule has 1 atom stereocenters. The standard InChI is InChI=1S/C24H33N5O2S/c1-3-31-24(30)28-12-8-21(9-13-28)29-11-5-7-20(16-29)22-18(2)14-26-23(27-22)32-17-19-6-4-10-25-15-19/h4,6,10,14-15,20-21H,3,5,7-9,11-13,16-17H2,1-2H3/t20-/m1/s1. The summed E-state index contributed by atoms with van der Waals surface area (Å²) in [5, 5.41) is 0.842. The van der Waals surface area contributed by atoms with E-state index in [1.807, 2.05) is 30.3 Å². The van der Waals surface area contributed by atoms with Crippen LogP contribution in [0.2, 0.25) is 0 Å². The van der Waals surface area contributed by atoms with Gasteiger partial charge >= 0.3 is 6.09 Å². The van der Waals surface area contributed by atoms with Crippen molar-refractivity contribution in [1.82, 2.24) is 24.8 Å². The molecule has 2 aliphatic rings. The van der Waals surface area contributed by atoms with Crippen LogP contribution in [0.5, 0.6) is 0 Å². The van der Waals surface area contributed by atoms with Crippen molar-refractivity contribution in [3.63, 3.8) is 0 Å². The van der Waals surface area contributed by atoms with Crippen LogP contribution in [0.15, 0.2) is 35.9 Å². The molecule has 4 heterocycles. The van der Waals surface area contributed by atoms with Gasteiger partial charge in [0.1, 0.15) is 0 Å². The smallest absolute Gasteiger partial charge is 0.409 e. The molecule has 8 heteroatoms. The number of hydrogen-bond acceptors (Lipinski definition) is 7. The van der Waals surface area contributed by atoms with E-state index in [1.54, 1.807) is 18.0 Å². The first-order valence-electron chi connectivity index (χ1n) is 11.6. The molecule has 2 aliphatic heterocycles. The first kappa shape index (κ1) is 23.0. The highest BCUT2D eigenvalue weighted by Crippen LogP contribution is 2.32. The number of rotatable bonds is 6. The number of carbonyl (C=O) groups excluding carboxylic acids is 1. The highest BCUT2D eigenvalue weighted by atomic mass is 32.2. The molecule has 1 amide bonds. The third-order valence-corrected chi connectivity index (χ3v) is 7.36. The number of likely N-dealkylation sites (tertiary alicyclic amines) is 2. The Hall–Kier alpha value is -2.19. The fourth-order valence-corrected chi connectivity index (χ4v) is 5.50. The molecule has 0 N–H and O–H groups in total. The average molecular weight is 456 g/mol. The second kappa shape index (κ2) is 11.1. The van der Waals surface area contributed by atoms with Crippen molar-refractivity contribution in [2.24, 2.45) is 0 Å². The Morgan fingerprint density at radius 2 is 2.06 bits per heavy atom. The van der Waals surface area contributed by atoms with E-state index in [0.717, 1.165) is 49.9 Å². The average Bonchev–Trinajstić information content (AvgIpc) is 2.84. The quantitative estimate of drug-likeness (QED) is 0.476. The van der Waals surface area contributed by atoms with Gasteiger partial charge in [-0.05, 0) is 63.3 Å². The molecule has 172 valence electrons. The number of aryl methyl sites for hydroxylation is 1. The number of thioether (sulfide) groups is 1. The molecule has 0 radical (unpaired) electrons. The summed E-state index contributed by atoms with van der Waals surface area (Å²) in [5.41, 5.74) is 3.56. The number of ether oxygens (including phenoxy) is 1. The lowest BCUT2D eigenvalue weighted by Crippen LogP contribution is -2.49. The Balaban J connectivity index is 1.36. The largest absolute Gasteiger partial charge is 0.450 e. The molecule has 0 spiro atoms. The molecule has 0 saturated carbocycles. The SMILES string of the molecule is CCOC(=O)N1CCC(N2CCC[C@@H](c3nc(SCc4cccnc4)ncc3C)C2)CC1. The van der Waals surface area contributed by atoms with Gasteiger partial charge in [-0.3, -0.25) is 9.88 Å². The summed E-state index contributed by atoms with van der Waals surface area (Å²) in [7, 11) is 0. The van der Waals surface area contributed by atoms with Crippen LogP contribution < -0.4 is 0 Å². The van der Waals surface area contributed by atoms with Crippen molar-refractivity contribution in [1.29, 1.82) is 0 Å². The van der Waals surface area contributed by atoms with Gasteiger partial charge in [0.2, 0.25) is 0 Å². The van der Waals surface area contributed by atoms with Gasteiger partial charge in [-0.25, -0.2) is 14.8 Å². The molecule has 2 aromatic heterocycles. The Kier molecular flexibility index (Phi) is 7.97. The van der Waals surface area contributed by atoms with E-state index in [1.165, 1.54) is 29.7 Å². The van der Waals surface area contributed by atoms with Crippen molar-refractivity contribution < 1.29 is 9.53 Å². The molecular weight excluding hydrogens is 422 g/mol. The molecular formula is C24H33N5O2S. The zero-order valence-corrected chi connectivity index (χ0v) is 19.9. The summed E-state index contributed by atoms with van der Waals surface area (Å²) in [5.74, 6) is 1.26. The van der Waals surface area contributed by atoms with E-state index in [0.29, 0.717) is 18.6 Å². The molecule has 2 saturated heterocycles. The molecule has 2 fully saturated rings. The number of hydrogen-bond donors (Lipinski definition) is 0. The predicted molar refractivity (Wildman–Crippen MR) is 126 cm³/mol. The van der Waals surface area contributed by atoms with Gasteiger partial charge in [0, 0.05) is 55.9 Å². The highest BCUT2D eigenvalue weighted by Gasteiger charge is 2.32. The maximum absolute atomic E-state index is 12.0. The van der Waals surface area contributed by atoms with Crippen LogP contribution >= 0.6 is 11.8 Å². The minimum atomic E-state index is -0.171. The van der Waals surface area contributed by atoms with Gasteiger partial charge in [0.25, 0.3) is 0 Å². The lowest BCUT2D eigenvalue weighted by atomic mass is 9.90. The second-order valence-corrected chi connectivity index (χ2v) is 9.56. The third kappa shape index (κ3) is 5.78. The Labute approximate surface area is 195 Å². The summed E-state index contributed by atoms with van der Waals surface area (Å²) in [6.45, 7) is 8.16. The molecule has 2 aromatic rings. The monoisotopic (exact) mass is 455 g/mol. The Morgan fingerprint density at radius 3 is 2.81 bits per heavy atom. The van der Waals surface area contributed by atoms with E-state index in [2.05, 4.69) is 27.9 Å². The van der Waals surface area contributed by atoms with Crippen LogP contribution in [0.1, 0.15) is 55.3 Å². The molecule has 0 unspecified atom stereocenters. The zero-order valence-electron chi connectivity index (χ0n) is 19.1. The number of amides is 1. The first-order valence-corrected chi connectivity index (χ1v) is 12.6. The first-order chi connectivity index (χ1) is 15.6. The van der Waals surface area contributed by atoms with Crippen LogP contribution in [0.25, 0.3) is 0 Å². The molecule has 32 heavy (non-hydrogen) atoms. The van der Waals surface area contributed by atoms with Crippen molar-refractivity contribution in [2.75, 3.05) is 32.8 Å². The fraction of sp³-hybridized carbons (Fsp3) is 0.583. The number of aromatic nitrogens is 3. The van der Waals surface area contributed by atoms with Crippen LogP contribution in [-0.2, 0) is 10.5 Å². The Bertz CT molecular complexity index is 889. The van der Waals surface area contributed by atoms with Crippen LogP contribution in [0.4, 0.5) is 4.79 Å². The topological polar surface area (TPSA) is 71.5 Å². The van der Waals surface area contributed by atoms with E-state index < -0.39 is 0 Å². The number of carbonyl (C=O) groups is 1. The van der Waals surface area contributed by atoms with E-state index in [4.69, 9.17) is 9.72 Å². The number of pyridine rings is 1. The summed E-state index contributed by atoms with van der Waals surface area (Å²) in [6.07, 6.45) is 9.88. The van der Waals surface area contributed by atoms with Crippen molar-refractivity contribution in [2.45, 2.75) is 62.4 Å². The van der Waals surface area contributed by atoms with E-state index >= 15 is 0 Å². The molecule has 4 rings (SSSR count). The molecule has 0 aromatic carbocycles. The van der Waals surface area contributed by atoms with Crippen molar-refractivity contribution in [3.05, 3.63) is 47.5 Å². The fourth-order valence-electron chi connectivity index (χ4n) is 4.74. The zero-order chi connectivity index (χ0) is 22.3. The molecule has 0 aliphatic carbocycles. The van der Waals surface area contributed by atoms with Crippen molar-refractivity contribution in [3.8, 4) is 0 Å². The minimum absolute atomic E-state index is 0.171. The lowest BCUT2D eigenvalue weighted by Gasteiger charge is -2.42. The highest BCUT2D eigenvalue weighted by molar-refractivity contribution is 7.98. The summed E-state index contributed by atoms with van der Waals surface area (Å²) in [6, 6.07) is 4.58. The van der Waals surface area contributed by atoms with Gasteiger partial charge in [0.05, 0.1) is 12.3 Å². The lowest BCUT2D eigenvalue weighted by molar-refractivity contribution is 0.0647. The Morgan fingerprint density at radius 1 is 1.22 bits per heavy atom. The number of nitrogens with zero attached hydrogens (tertiary/aromatic N) is 5. The summed E-state index contributed by atoms with van der Waals surface area (Å²) < 4.78 is 5.16. The summed E-state index contributed by atoms with van der Waals surface area (Å²) in [4.78, 5) is 30.2. The van der Waals surface area contributed by atoms with Crippen LogP contribution in [0.3, 0.4) is 0 Å². The van der Waals surface area contributed by atoms with Gasteiger partial charge in [-0.2, -0.15) is 0 Å². The van der Waals surface area contributed by atoms with Crippen LogP contribution in [0, 0.1) is 6.92 Å². The predicted octanol–water partition coefficient (Wildman–Crippen LogP) is 4.27. The minimum Gasteiger partial charge on any atom is -0.450 e. The number of piperidine rings is 2. The van der Waals surface area contributed by atoms with Gasteiger partial charge < -0.3 is 9.64 Å². The van der Waals surface area contributed by atoms with E-state index in [-0.39, 0.29) is 6.09 Å². The maximum atomic E-state index is 12.0. The van der Waals surface area contributed by atoms with Crippen LogP contribution in [-0.4, -0.2) is 69.7 Å². The molecule has 7 nitrogen and oxygen atoms in total. The van der Waals surface area contributed by atoms with Crippen molar-refractivity contribution >= 4 is 17.9 Å². The van der Waals surface area contributed by atoms with Gasteiger partial charge in [-0.1, -0.05) is 17.8 Å². The molecule has 0 bridgehead atoms. The normalized spacial score (nSPS) is 20.3. The van der Waals surface area contributed by atoms with Gasteiger partial charge in [-0.15, -0.1) is 0 Å². The second-order valence-electron chi connectivity index (χ2n) is 8.62. The van der Waals surface area contributed by atoms with E-state index in [9.17, 15) is 4.79 Å². The van der Waals surface area contributed by atoms with Gasteiger partial charge in [0.15, 0.2) is 5.16 Å².